The molecule has 2 rings (SSSR count). The number of benzene rings is 2. The predicted octanol–water partition coefficient (Wildman–Crippen LogP) is 4.44. The van der Waals surface area contributed by atoms with Crippen LogP contribution in [0.25, 0.3) is 0 Å². The summed E-state index contributed by atoms with van der Waals surface area (Å²) in [6, 6.07) is 14.6. The number of aryl methyl sites for hydroxylation is 1. The number of hydrogen-bond acceptors (Lipinski definition) is 2. The minimum absolute atomic E-state index is 0. The van der Waals surface area contributed by atoms with Crippen LogP contribution < -0.4 is 10.6 Å². The molecule has 0 aliphatic heterocycles. The third kappa shape index (κ3) is 5.99. The van der Waals surface area contributed by atoms with E-state index in [1.54, 1.807) is 0 Å². The number of guanidine groups is 1. The smallest absolute Gasteiger partial charge is 0.192 e. The lowest BCUT2D eigenvalue weighted by molar-refractivity contribution is 0.609. The molecule has 0 aliphatic rings. The summed E-state index contributed by atoms with van der Waals surface area (Å²) in [5, 5.41) is 15.5. The molecule has 0 fully saturated rings. The number of aliphatic imine (C=N–C) groups is 1. The molecule has 0 saturated heterocycles. The van der Waals surface area contributed by atoms with Gasteiger partial charge in [-0.05, 0) is 50.1 Å². The van der Waals surface area contributed by atoms with Crippen molar-refractivity contribution in [1.29, 1.82) is 5.26 Å². The Balaban J connectivity index is 0.00000338. The van der Waals surface area contributed by atoms with Gasteiger partial charge >= 0.3 is 0 Å². The molecule has 2 aromatic carbocycles. The Bertz CT molecular complexity index is 799. The molecule has 26 heavy (non-hydrogen) atoms. The van der Waals surface area contributed by atoms with E-state index in [2.05, 4.69) is 41.6 Å². The van der Waals surface area contributed by atoms with Crippen LogP contribution in [0.4, 0.5) is 4.39 Å². The van der Waals surface area contributed by atoms with Gasteiger partial charge in [0.15, 0.2) is 5.96 Å². The maximum absolute atomic E-state index is 13.9. The summed E-state index contributed by atoms with van der Waals surface area (Å²) < 4.78 is 13.9. The highest BCUT2D eigenvalue weighted by atomic mass is 127. The number of nitrogens with zero attached hydrogens (tertiary/aromatic N) is 2. The molecule has 138 valence electrons. The average Bonchev–Trinajstić information content (AvgIpc) is 2.61. The lowest BCUT2D eigenvalue weighted by Crippen LogP contribution is -2.38. The second-order valence-corrected chi connectivity index (χ2v) is 5.84. The predicted molar refractivity (Wildman–Crippen MR) is 114 cm³/mol. The van der Waals surface area contributed by atoms with Gasteiger partial charge in [-0.1, -0.05) is 24.3 Å². The fraction of sp³-hybridized carbons (Fsp3) is 0.300. The van der Waals surface area contributed by atoms with Crippen molar-refractivity contribution >= 4 is 29.9 Å². The standard InChI is InChI=1S/C20H23FN4.HI/c1-4-23-20(25-15(3)18-8-6-5-7-14(18)2)24-13-17-11-16(12-22)9-10-19(17)21;/h5-11,15H,4,13H2,1-3H3,(H2,23,24,25);1H. The lowest BCUT2D eigenvalue weighted by atomic mass is 10.0. The first-order valence-corrected chi connectivity index (χ1v) is 8.34. The fourth-order valence-corrected chi connectivity index (χ4v) is 2.61. The zero-order valence-corrected chi connectivity index (χ0v) is 17.5. The van der Waals surface area contributed by atoms with Crippen LogP contribution in [0.5, 0.6) is 0 Å². The van der Waals surface area contributed by atoms with Crippen LogP contribution in [0.3, 0.4) is 0 Å². The summed E-state index contributed by atoms with van der Waals surface area (Å²) >= 11 is 0. The first-order chi connectivity index (χ1) is 12.0. The van der Waals surface area contributed by atoms with Crippen LogP contribution in [0.1, 0.15) is 42.1 Å². The number of nitriles is 1. The molecule has 4 nitrogen and oxygen atoms in total. The largest absolute Gasteiger partial charge is 0.357 e. The van der Waals surface area contributed by atoms with Crippen molar-refractivity contribution < 1.29 is 4.39 Å². The molecule has 0 radical (unpaired) electrons. The van der Waals surface area contributed by atoms with E-state index in [1.807, 2.05) is 25.1 Å². The normalized spacial score (nSPS) is 11.9. The van der Waals surface area contributed by atoms with Crippen LogP contribution >= 0.6 is 24.0 Å². The van der Waals surface area contributed by atoms with E-state index in [0.29, 0.717) is 23.6 Å². The SMILES string of the molecule is CCNC(=NCc1cc(C#N)ccc1F)NC(C)c1ccccc1C.I. The van der Waals surface area contributed by atoms with Gasteiger partial charge in [-0.3, -0.25) is 0 Å². The average molecular weight is 466 g/mol. The third-order valence-corrected chi connectivity index (χ3v) is 3.93. The molecular weight excluding hydrogens is 442 g/mol. The maximum Gasteiger partial charge on any atom is 0.192 e. The minimum Gasteiger partial charge on any atom is -0.357 e. The number of rotatable bonds is 5. The van der Waals surface area contributed by atoms with Gasteiger partial charge in [0.25, 0.3) is 0 Å². The monoisotopic (exact) mass is 466 g/mol. The molecule has 0 aromatic heterocycles. The molecule has 2 aromatic rings. The zero-order valence-electron chi connectivity index (χ0n) is 15.2. The van der Waals surface area contributed by atoms with Crippen molar-refractivity contribution in [3.05, 3.63) is 70.5 Å². The van der Waals surface area contributed by atoms with E-state index < -0.39 is 0 Å². The van der Waals surface area contributed by atoms with Crippen LogP contribution in [-0.2, 0) is 6.54 Å². The van der Waals surface area contributed by atoms with Crippen LogP contribution in [0, 0.1) is 24.1 Å². The lowest BCUT2D eigenvalue weighted by Gasteiger charge is -2.19. The van der Waals surface area contributed by atoms with Crippen molar-refractivity contribution in [1.82, 2.24) is 10.6 Å². The summed E-state index contributed by atoms with van der Waals surface area (Å²) in [5.74, 6) is 0.255. The third-order valence-electron chi connectivity index (χ3n) is 3.93. The Morgan fingerprint density at radius 3 is 2.65 bits per heavy atom. The molecule has 0 bridgehead atoms. The van der Waals surface area contributed by atoms with Crippen LogP contribution in [0.15, 0.2) is 47.5 Å². The van der Waals surface area contributed by atoms with Crippen molar-refractivity contribution in [3.8, 4) is 6.07 Å². The van der Waals surface area contributed by atoms with Gasteiger partial charge in [0, 0.05) is 12.1 Å². The molecule has 0 amide bonds. The Kier molecular flexibility index (Phi) is 9.07. The van der Waals surface area contributed by atoms with Gasteiger partial charge in [-0.2, -0.15) is 5.26 Å². The van der Waals surface area contributed by atoms with E-state index >= 15 is 0 Å². The molecule has 2 N–H and O–H groups in total. The van der Waals surface area contributed by atoms with E-state index in [0.717, 1.165) is 0 Å². The van der Waals surface area contributed by atoms with E-state index in [1.165, 1.54) is 29.3 Å². The number of nitrogens with one attached hydrogen (secondary N) is 2. The summed E-state index contributed by atoms with van der Waals surface area (Å²) in [6.07, 6.45) is 0. The van der Waals surface area contributed by atoms with Crippen molar-refractivity contribution in [2.75, 3.05) is 6.54 Å². The Morgan fingerprint density at radius 1 is 1.27 bits per heavy atom. The summed E-state index contributed by atoms with van der Waals surface area (Å²) in [7, 11) is 0. The van der Waals surface area contributed by atoms with Crippen molar-refractivity contribution in [2.24, 2.45) is 4.99 Å². The number of hydrogen-bond donors (Lipinski definition) is 2. The maximum atomic E-state index is 13.9. The van der Waals surface area contributed by atoms with Gasteiger partial charge in [0.2, 0.25) is 0 Å². The van der Waals surface area contributed by atoms with Crippen molar-refractivity contribution in [3.63, 3.8) is 0 Å². The summed E-state index contributed by atoms with van der Waals surface area (Å²) in [5.41, 5.74) is 3.22. The second-order valence-electron chi connectivity index (χ2n) is 5.84. The Hall–Kier alpha value is -2.14. The topological polar surface area (TPSA) is 60.2 Å². The first kappa shape index (κ1) is 21.9. The fourth-order valence-electron chi connectivity index (χ4n) is 2.61. The van der Waals surface area contributed by atoms with E-state index in [9.17, 15) is 4.39 Å². The first-order valence-electron chi connectivity index (χ1n) is 8.34. The van der Waals surface area contributed by atoms with E-state index in [-0.39, 0.29) is 42.4 Å². The zero-order chi connectivity index (χ0) is 18.2. The van der Waals surface area contributed by atoms with Gasteiger partial charge in [-0.25, -0.2) is 9.38 Å². The molecule has 6 heteroatoms. The van der Waals surface area contributed by atoms with E-state index in [4.69, 9.17) is 5.26 Å². The van der Waals surface area contributed by atoms with Gasteiger partial charge in [-0.15, -0.1) is 24.0 Å². The van der Waals surface area contributed by atoms with Gasteiger partial charge in [0.05, 0.1) is 24.2 Å². The molecule has 0 heterocycles. The van der Waals surface area contributed by atoms with Crippen LogP contribution in [0.2, 0.25) is 0 Å². The van der Waals surface area contributed by atoms with Gasteiger partial charge in [0.1, 0.15) is 5.82 Å². The highest BCUT2D eigenvalue weighted by Gasteiger charge is 2.10. The molecule has 0 saturated carbocycles. The Morgan fingerprint density at radius 2 is 2.00 bits per heavy atom. The molecule has 0 aliphatic carbocycles. The molecule has 1 atom stereocenters. The quantitative estimate of drug-likeness (QED) is 0.389. The highest BCUT2D eigenvalue weighted by Crippen LogP contribution is 2.16. The summed E-state index contributed by atoms with van der Waals surface area (Å²) in [6.45, 7) is 6.98. The molecule has 1 unspecified atom stereocenters. The Labute approximate surface area is 171 Å². The van der Waals surface area contributed by atoms with Crippen molar-refractivity contribution in [2.45, 2.75) is 33.4 Å². The van der Waals surface area contributed by atoms with Gasteiger partial charge < -0.3 is 10.6 Å². The molecular formula is C20H24FIN4. The molecule has 0 spiro atoms. The summed E-state index contributed by atoms with van der Waals surface area (Å²) in [4.78, 5) is 4.46. The number of halogens is 2. The van der Waals surface area contributed by atoms with Crippen LogP contribution in [-0.4, -0.2) is 12.5 Å². The highest BCUT2D eigenvalue weighted by molar-refractivity contribution is 14.0. The minimum atomic E-state index is -0.356. The second kappa shape index (κ2) is 10.8.